The second-order valence-corrected chi connectivity index (χ2v) is 7.07. The highest BCUT2D eigenvalue weighted by Crippen LogP contribution is 2.25. The van der Waals surface area contributed by atoms with Crippen LogP contribution in [0, 0.1) is 0 Å². The maximum Gasteiger partial charge on any atom is 0.242 e. The Labute approximate surface area is 114 Å². The van der Waals surface area contributed by atoms with E-state index in [1.54, 1.807) is 25.3 Å². The van der Waals surface area contributed by atoms with Gasteiger partial charge < -0.3 is 10.1 Å². The van der Waals surface area contributed by atoms with Crippen LogP contribution in [0.3, 0.4) is 0 Å². The van der Waals surface area contributed by atoms with Crippen molar-refractivity contribution in [2.75, 3.05) is 21.2 Å². The number of rotatable bonds is 6. The summed E-state index contributed by atoms with van der Waals surface area (Å²) in [6, 6.07) is 5.54. The van der Waals surface area contributed by atoms with Crippen molar-refractivity contribution in [2.24, 2.45) is 0 Å². The molecule has 5 nitrogen and oxygen atoms in total. The summed E-state index contributed by atoms with van der Waals surface area (Å²) in [4.78, 5) is 0.297. The number of hydrogen-bond donors (Lipinski definition) is 1. The molecule has 106 valence electrons. The van der Waals surface area contributed by atoms with E-state index in [0.717, 1.165) is 5.56 Å². The van der Waals surface area contributed by atoms with E-state index < -0.39 is 10.0 Å². The van der Waals surface area contributed by atoms with Crippen molar-refractivity contribution in [3.05, 3.63) is 23.8 Å². The standard InChI is InChI=1S/C13H20N2O3S/c1-15(2)19(16,17)12-6-7-13(18-3)10(8-12)9-14-11-4-5-11/h6-8,11,14H,4-5,9H2,1-3H3. The molecule has 0 aromatic heterocycles. The van der Waals surface area contributed by atoms with Gasteiger partial charge in [0, 0.05) is 32.2 Å². The van der Waals surface area contributed by atoms with E-state index in [9.17, 15) is 8.42 Å². The predicted octanol–water partition coefficient (Wildman–Crippen LogP) is 1.20. The van der Waals surface area contributed by atoms with E-state index in [0.29, 0.717) is 23.2 Å². The molecule has 0 aliphatic heterocycles. The van der Waals surface area contributed by atoms with Crippen LogP contribution in [0.5, 0.6) is 5.75 Å². The van der Waals surface area contributed by atoms with E-state index in [-0.39, 0.29) is 0 Å². The summed E-state index contributed by atoms with van der Waals surface area (Å²) in [5.41, 5.74) is 0.873. The van der Waals surface area contributed by atoms with Crippen LogP contribution in [-0.2, 0) is 16.6 Å². The SMILES string of the molecule is COc1ccc(S(=O)(=O)N(C)C)cc1CNC1CC1. The van der Waals surface area contributed by atoms with Crippen molar-refractivity contribution in [1.82, 2.24) is 9.62 Å². The molecule has 19 heavy (non-hydrogen) atoms. The van der Waals surface area contributed by atoms with Crippen molar-refractivity contribution in [1.29, 1.82) is 0 Å². The van der Waals surface area contributed by atoms with Gasteiger partial charge in [0.05, 0.1) is 12.0 Å². The molecular formula is C13H20N2O3S. The Balaban J connectivity index is 2.28. The summed E-state index contributed by atoms with van der Waals surface area (Å²) >= 11 is 0. The Kier molecular flexibility index (Phi) is 4.13. The number of methoxy groups -OCH3 is 1. The summed E-state index contributed by atoms with van der Waals surface area (Å²) in [7, 11) is 1.25. The summed E-state index contributed by atoms with van der Waals surface area (Å²) in [5.74, 6) is 0.714. The molecule has 2 rings (SSSR count). The third-order valence-corrected chi connectivity index (χ3v) is 5.00. The number of benzene rings is 1. The molecule has 1 aliphatic rings. The molecule has 0 unspecified atom stereocenters. The fourth-order valence-electron chi connectivity index (χ4n) is 1.81. The van der Waals surface area contributed by atoms with Gasteiger partial charge in [-0.1, -0.05) is 0 Å². The molecular weight excluding hydrogens is 264 g/mol. The van der Waals surface area contributed by atoms with Gasteiger partial charge in [0.15, 0.2) is 0 Å². The minimum Gasteiger partial charge on any atom is -0.496 e. The van der Waals surface area contributed by atoms with Crippen molar-refractivity contribution < 1.29 is 13.2 Å². The summed E-state index contributed by atoms with van der Waals surface area (Å²) in [5, 5.41) is 3.37. The van der Waals surface area contributed by atoms with Crippen LogP contribution in [0.2, 0.25) is 0 Å². The molecule has 1 fully saturated rings. The second-order valence-electron chi connectivity index (χ2n) is 4.92. The van der Waals surface area contributed by atoms with Crippen LogP contribution in [0.15, 0.2) is 23.1 Å². The topological polar surface area (TPSA) is 58.6 Å². The van der Waals surface area contributed by atoms with Gasteiger partial charge in [-0.3, -0.25) is 0 Å². The highest BCUT2D eigenvalue weighted by Gasteiger charge is 2.22. The third kappa shape index (κ3) is 3.26. The van der Waals surface area contributed by atoms with Crippen LogP contribution < -0.4 is 10.1 Å². The van der Waals surface area contributed by atoms with Gasteiger partial charge in [0.25, 0.3) is 0 Å². The van der Waals surface area contributed by atoms with Gasteiger partial charge in [-0.2, -0.15) is 0 Å². The van der Waals surface area contributed by atoms with Gasteiger partial charge in [-0.15, -0.1) is 0 Å². The first kappa shape index (κ1) is 14.3. The Morgan fingerprint density at radius 3 is 2.58 bits per heavy atom. The number of nitrogens with one attached hydrogen (secondary N) is 1. The minimum atomic E-state index is -3.40. The molecule has 0 spiro atoms. The summed E-state index contributed by atoms with van der Waals surface area (Å²) in [6.07, 6.45) is 2.38. The molecule has 0 heterocycles. The zero-order valence-electron chi connectivity index (χ0n) is 11.5. The van der Waals surface area contributed by atoms with Crippen LogP contribution in [0.4, 0.5) is 0 Å². The average molecular weight is 284 g/mol. The van der Waals surface area contributed by atoms with Gasteiger partial charge in [-0.05, 0) is 31.0 Å². The molecule has 0 amide bonds. The lowest BCUT2D eigenvalue weighted by Crippen LogP contribution is -2.23. The van der Waals surface area contributed by atoms with Gasteiger partial charge in [0.1, 0.15) is 5.75 Å². The Hall–Kier alpha value is -1.11. The largest absolute Gasteiger partial charge is 0.496 e. The normalized spacial score (nSPS) is 15.8. The van der Waals surface area contributed by atoms with Crippen LogP contribution >= 0.6 is 0 Å². The van der Waals surface area contributed by atoms with Crippen molar-refractivity contribution >= 4 is 10.0 Å². The van der Waals surface area contributed by atoms with Crippen molar-refractivity contribution in [2.45, 2.75) is 30.3 Å². The molecule has 1 aromatic rings. The number of sulfonamides is 1. The molecule has 0 atom stereocenters. The molecule has 1 saturated carbocycles. The molecule has 6 heteroatoms. The van der Waals surface area contributed by atoms with Crippen LogP contribution in [-0.4, -0.2) is 40.0 Å². The molecule has 0 radical (unpaired) electrons. The number of nitrogens with zero attached hydrogens (tertiary/aromatic N) is 1. The lowest BCUT2D eigenvalue weighted by Gasteiger charge is -2.15. The molecule has 1 N–H and O–H groups in total. The highest BCUT2D eigenvalue weighted by molar-refractivity contribution is 7.89. The molecule has 0 saturated heterocycles. The second kappa shape index (κ2) is 5.48. The maximum atomic E-state index is 12.1. The van der Waals surface area contributed by atoms with Crippen molar-refractivity contribution in [3.8, 4) is 5.75 Å². The Morgan fingerprint density at radius 1 is 1.37 bits per heavy atom. The number of hydrogen-bond acceptors (Lipinski definition) is 4. The van der Waals surface area contributed by atoms with E-state index in [2.05, 4.69) is 5.32 Å². The zero-order valence-corrected chi connectivity index (χ0v) is 12.3. The predicted molar refractivity (Wildman–Crippen MR) is 73.7 cm³/mol. The quantitative estimate of drug-likeness (QED) is 0.852. The van der Waals surface area contributed by atoms with E-state index >= 15 is 0 Å². The fourth-order valence-corrected chi connectivity index (χ4v) is 2.76. The summed E-state index contributed by atoms with van der Waals surface area (Å²) in [6.45, 7) is 0.630. The van der Waals surface area contributed by atoms with Gasteiger partial charge in [-0.25, -0.2) is 12.7 Å². The van der Waals surface area contributed by atoms with E-state index in [1.165, 1.54) is 31.2 Å². The molecule has 1 aromatic carbocycles. The first-order valence-electron chi connectivity index (χ1n) is 6.28. The zero-order chi connectivity index (χ0) is 14.0. The first-order valence-corrected chi connectivity index (χ1v) is 7.72. The fraction of sp³-hybridized carbons (Fsp3) is 0.538. The van der Waals surface area contributed by atoms with E-state index in [1.807, 2.05) is 0 Å². The van der Waals surface area contributed by atoms with Gasteiger partial charge >= 0.3 is 0 Å². The smallest absolute Gasteiger partial charge is 0.242 e. The van der Waals surface area contributed by atoms with Crippen LogP contribution in [0.25, 0.3) is 0 Å². The van der Waals surface area contributed by atoms with Crippen LogP contribution in [0.1, 0.15) is 18.4 Å². The van der Waals surface area contributed by atoms with Gasteiger partial charge in [0.2, 0.25) is 10.0 Å². The third-order valence-electron chi connectivity index (χ3n) is 3.19. The molecule has 0 bridgehead atoms. The lowest BCUT2D eigenvalue weighted by atomic mass is 10.2. The van der Waals surface area contributed by atoms with E-state index in [4.69, 9.17) is 4.74 Å². The Morgan fingerprint density at radius 2 is 2.05 bits per heavy atom. The average Bonchev–Trinajstić information content (AvgIpc) is 3.19. The monoisotopic (exact) mass is 284 g/mol. The lowest BCUT2D eigenvalue weighted by molar-refractivity contribution is 0.407. The van der Waals surface area contributed by atoms with Crippen molar-refractivity contribution in [3.63, 3.8) is 0 Å². The first-order chi connectivity index (χ1) is 8.95. The Bertz CT molecular complexity index is 551. The molecule has 1 aliphatic carbocycles. The number of ether oxygens (including phenoxy) is 1. The highest BCUT2D eigenvalue weighted by atomic mass is 32.2. The maximum absolute atomic E-state index is 12.1. The summed E-state index contributed by atoms with van der Waals surface area (Å²) < 4.78 is 30.7. The minimum absolute atomic E-state index is 0.297.